The normalized spacial score (nSPS) is 10.8. The highest BCUT2D eigenvalue weighted by Gasteiger charge is 2.03. The summed E-state index contributed by atoms with van der Waals surface area (Å²) >= 11 is 1.64. The molecule has 1 aromatic carbocycles. The monoisotopic (exact) mass is 286 g/mol. The summed E-state index contributed by atoms with van der Waals surface area (Å²) in [5.41, 5.74) is 1.63. The average molecular weight is 286 g/mol. The number of aryl methyl sites for hydroxylation is 1. The summed E-state index contributed by atoms with van der Waals surface area (Å²) in [6.45, 7) is 2.68. The van der Waals surface area contributed by atoms with Crippen LogP contribution in [0.1, 0.15) is 10.7 Å². The molecular formula is C14H14N4OS. The van der Waals surface area contributed by atoms with Crippen molar-refractivity contribution in [2.45, 2.75) is 13.3 Å². The van der Waals surface area contributed by atoms with E-state index < -0.39 is 0 Å². The van der Waals surface area contributed by atoms with Crippen molar-refractivity contribution in [2.75, 3.05) is 11.9 Å². The van der Waals surface area contributed by atoms with E-state index in [0.717, 1.165) is 17.1 Å². The van der Waals surface area contributed by atoms with E-state index in [1.165, 1.54) is 0 Å². The average Bonchev–Trinajstić information content (AvgIpc) is 2.85. The summed E-state index contributed by atoms with van der Waals surface area (Å²) in [6, 6.07) is 7.30. The molecule has 20 heavy (non-hydrogen) atoms. The van der Waals surface area contributed by atoms with Crippen molar-refractivity contribution in [3.63, 3.8) is 0 Å². The van der Waals surface area contributed by atoms with Crippen LogP contribution < -0.4 is 10.9 Å². The SMILES string of the molecule is Cc1nc(CCNc2nc3ccccc3c(=O)[nH]2)cs1. The number of aromatic amines is 1. The number of rotatable bonds is 4. The number of nitrogens with zero attached hydrogens (tertiary/aromatic N) is 2. The first kappa shape index (κ1) is 12.8. The van der Waals surface area contributed by atoms with Crippen LogP contribution in [0.15, 0.2) is 34.4 Å². The summed E-state index contributed by atoms with van der Waals surface area (Å²) in [6.07, 6.45) is 0.806. The molecule has 0 atom stereocenters. The van der Waals surface area contributed by atoms with E-state index in [0.29, 0.717) is 23.4 Å². The molecule has 5 nitrogen and oxygen atoms in total. The molecule has 0 amide bonds. The van der Waals surface area contributed by atoms with E-state index in [1.54, 1.807) is 17.4 Å². The van der Waals surface area contributed by atoms with Gasteiger partial charge in [-0.05, 0) is 19.1 Å². The fraction of sp³-hybridized carbons (Fsp3) is 0.214. The first-order valence-electron chi connectivity index (χ1n) is 6.36. The Kier molecular flexibility index (Phi) is 3.47. The molecule has 0 spiro atoms. The number of para-hydroxylation sites is 1. The molecule has 3 aromatic rings. The summed E-state index contributed by atoms with van der Waals surface area (Å²) in [5.74, 6) is 0.501. The summed E-state index contributed by atoms with van der Waals surface area (Å²) in [5, 5.41) is 6.85. The smallest absolute Gasteiger partial charge is 0.260 e. The predicted octanol–water partition coefficient (Wildman–Crippen LogP) is 2.34. The maximum atomic E-state index is 11.9. The van der Waals surface area contributed by atoms with Gasteiger partial charge in [0.15, 0.2) is 0 Å². The molecule has 2 heterocycles. The number of benzene rings is 1. The Morgan fingerprint density at radius 1 is 1.30 bits per heavy atom. The molecule has 0 fully saturated rings. The zero-order chi connectivity index (χ0) is 13.9. The van der Waals surface area contributed by atoms with Gasteiger partial charge in [0.1, 0.15) is 0 Å². The van der Waals surface area contributed by atoms with Gasteiger partial charge in [0.25, 0.3) is 5.56 Å². The van der Waals surface area contributed by atoms with Crippen molar-refractivity contribution >= 4 is 28.2 Å². The van der Waals surface area contributed by atoms with Crippen LogP contribution in [0.25, 0.3) is 10.9 Å². The molecule has 0 aliphatic carbocycles. The quantitative estimate of drug-likeness (QED) is 0.772. The van der Waals surface area contributed by atoms with Gasteiger partial charge >= 0.3 is 0 Å². The molecule has 0 aliphatic rings. The highest BCUT2D eigenvalue weighted by atomic mass is 32.1. The van der Waals surface area contributed by atoms with E-state index in [4.69, 9.17) is 0 Å². The van der Waals surface area contributed by atoms with Crippen molar-refractivity contribution in [3.8, 4) is 0 Å². The van der Waals surface area contributed by atoms with Crippen molar-refractivity contribution in [1.29, 1.82) is 0 Å². The van der Waals surface area contributed by atoms with Gasteiger partial charge in [-0.15, -0.1) is 11.3 Å². The fourth-order valence-electron chi connectivity index (χ4n) is 2.00. The minimum Gasteiger partial charge on any atom is -0.355 e. The molecule has 0 radical (unpaired) electrons. The number of fused-ring (bicyclic) bond motifs is 1. The number of hydrogen-bond acceptors (Lipinski definition) is 5. The number of anilines is 1. The zero-order valence-corrected chi connectivity index (χ0v) is 11.8. The Bertz CT molecular complexity index is 793. The molecule has 0 unspecified atom stereocenters. The second-order valence-corrected chi connectivity index (χ2v) is 5.53. The lowest BCUT2D eigenvalue weighted by molar-refractivity contribution is 0.948. The fourth-order valence-corrected chi connectivity index (χ4v) is 2.65. The minimum atomic E-state index is -0.123. The van der Waals surface area contributed by atoms with Crippen LogP contribution in [0.5, 0.6) is 0 Å². The Hall–Kier alpha value is -2.21. The van der Waals surface area contributed by atoms with E-state index in [-0.39, 0.29) is 5.56 Å². The van der Waals surface area contributed by atoms with Gasteiger partial charge in [-0.1, -0.05) is 12.1 Å². The van der Waals surface area contributed by atoms with Crippen LogP contribution in [0.4, 0.5) is 5.95 Å². The number of thiazole rings is 1. The van der Waals surface area contributed by atoms with Crippen molar-refractivity contribution in [2.24, 2.45) is 0 Å². The van der Waals surface area contributed by atoms with Gasteiger partial charge in [-0.3, -0.25) is 9.78 Å². The van der Waals surface area contributed by atoms with E-state index in [9.17, 15) is 4.79 Å². The lowest BCUT2D eigenvalue weighted by atomic mass is 10.2. The minimum absolute atomic E-state index is 0.123. The summed E-state index contributed by atoms with van der Waals surface area (Å²) < 4.78 is 0. The summed E-state index contributed by atoms with van der Waals surface area (Å²) in [4.78, 5) is 23.4. The maximum absolute atomic E-state index is 11.9. The van der Waals surface area contributed by atoms with Crippen molar-refractivity contribution in [3.05, 3.63) is 50.7 Å². The number of nitrogens with one attached hydrogen (secondary N) is 2. The highest BCUT2D eigenvalue weighted by Crippen LogP contribution is 2.10. The van der Waals surface area contributed by atoms with Crippen LogP contribution in [-0.4, -0.2) is 21.5 Å². The third kappa shape index (κ3) is 2.70. The van der Waals surface area contributed by atoms with Crippen LogP contribution in [0.2, 0.25) is 0 Å². The number of hydrogen-bond donors (Lipinski definition) is 2. The largest absolute Gasteiger partial charge is 0.355 e. The molecular weight excluding hydrogens is 272 g/mol. The zero-order valence-electron chi connectivity index (χ0n) is 11.0. The maximum Gasteiger partial charge on any atom is 0.260 e. The topological polar surface area (TPSA) is 70.7 Å². The lowest BCUT2D eigenvalue weighted by Gasteiger charge is -2.05. The van der Waals surface area contributed by atoms with E-state index >= 15 is 0 Å². The van der Waals surface area contributed by atoms with E-state index in [2.05, 4.69) is 20.3 Å². The van der Waals surface area contributed by atoms with Crippen molar-refractivity contribution in [1.82, 2.24) is 15.0 Å². The first-order valence-corrected chi connectivity index (χ1v) is 7.24. The summed E-state index contributed by atoms with van der Waals surface area (Å²) in [7, 11) is 0. The molecule has 2 aromatic heterocycles. The molecule has 0 bridgehead atoms. The third-order valence-corrected chi connectivity index (χ3v) is 3.78. The van der Waals surface area contributed by atoms with Gasteiger partial charge in [0.2, 0.25) is 5.95 Å². The first-order chi connectivity index (χ1) is 9.72. The van der Waals surface area contributed by atoms with E-state index in [1.807, 2.05) is 30.5 Å². The van der Waals surface area contributed by atoms with Crippen molar-refractivity contribution < 1.29 is 0 Å². The Morgan fingerprint density at radius 3 is 2.95 bits per heavy atom. The van der Waals surface area contributed by atoms with Gasteiger partial charge in [-0.2, -0.15) is 0 Å². The molecule has 6 heteroatoms. The predicted molar refractivity (Wildman–Crippen MR) is 81.4 cm³/mol. The van der Waals surface area contributed by atoms with Gasteiger partial charge in [-0.25, -0.2) is 9.97 Å². The van der Waals surface area contributed by atoms with Crippen LogP contribution in [0, 0.1) is 6.92 Å². The van der Waals surface area contributed by atoms with Crippen LogP contribution >= 0.6 is 11.3 Å². The van der Waals surface area contributed by atoms with Gasteiger partial charge in [0.05, 0.1) is 21.6 Å². The Labute approximate surface area is 119 Å². The molecule has 0 saturated heterocycles. The molecule has 102 valence electrons. The second-order valence-electron chi connectivity index (χ2n) is 4.47. The lowest BCUT2D eigenvalue weighted by Crippen LogP contribution is -2.15. The standard InChI is InChI=1S/C14H14N4OS/c1-9-16-10(8-20-9)6-7-15-14-17-12-5-3-2-4-11(12)13(19)18-14/h2-5,8H,6-7H2,1H3,(H2,15,17,18,19). The molecule has 0 saturated carbocycles. The highest BCUT2D eigenvalue weighted by molar-refractivity contribution is 7.09. The molecule has 0 aliphatic heterocycles. The molecule has 3 rings (SSSR count). The number of aromatic nitrogens is 3. The van der Waals surface area contributed by atoms with Gasteiger partial charge in [0, 0.05) is 18.3 Å². The Balaban J connectivity index is 1.73. The van der Waals surface area contributed by atoms with Crippen LogP contribution in [-0.2, 0) is 6.42 Å². The second kappa shape index (κ2) is 5.42. The third-order valence-electron chi connectivity index (χ3n) is 2.95. The molecule has 2 N–H and O–H groups in total. The van der Waals surface area contributed by atoms with Crippen LogP contribution in [0.3, 0.4) is 0 Å². The number of H-pyrrole nitrogens is 1. The Morgan fingerprint density at radius 2 is 2.15 bits per heavy atom. The van der Waals surface area contributed by atoms with Gasteiger partial charge < -0.3 is 5.32 Å².